The summed E-state index contributed by atoms with van der Waals surface area (Å²) in [5.41, 5.74) is 5.92. The summed E-state index contributed by atoms with van der Waals surface area (Å²) in [6.07, 6.45) is 3.02. The number of piperazine rings is 1. The third-order valence-corrected chi connectivity index (χ3v) is 5.92. The van der Waals surface area contributed by atoms with E-state index in [4.69, 9.17) is 4.98 Å². The Bertz CT molecular complexity index is 1120. The lowest BCUT2D eigenvalue weighted by atomic mass is 10.0. The van der Waals surface area contributed by atoms with Gasteiger partial charge in [-0.1, -0.05) is 12.1 Å². The van der Waals surface area contributed by atoms with Crippen LogP contribution >= 0.6 is 0 Å². The summed E-state index contributed by atoms with van der Waals surface area (Å²) in [5, 5.41) is 9.86. The Morgan fingerprint density at radius 3 is 2.59 bits per heavy atom. The number of para-hydroxylation sites is 2. The highest BCUT2D eigenvalue weighted by atomic mass is 16.2. The van der Waals surface area contributed by atoms with Crippen molar-refractivity contribution in [1.82, 2.24) is 14.3 Å². The monoisotopic (exact) mass is 359 g/mol. The van der Waals surface area contributed by atoms with Crippen molar-refractivity contribution in [1.29, 1.82) is 5.26 Å². The molecule has 6 heteroatoms. The first kappa shape index (κ1) is 16.1. The van der Waals surface area contributed by atoms with Crippen molar-refractivity contribution in [3.8, 4) is 6.07 Å². The fourth-order valence-electron chi connectivity index (χ4n) is 4.63. The van der Waals surface area contributed by atoms with E-state index >= 15 is 0 Å². The van der Waals surface area contributed by atoms with E-state index in [0.29, 0.717) is 0 Å². The number of nitrogens with zero attached hydrogens (tertiary/aromatic N) is 5. The lowest BCUT2D eigenvalue weighted by Gasteiger charge is -2.37. The summed E-state index contributed by atoms with van der Waals surface area (Å²) in [7, 11) is 0. The van der Waals surface area contributed by atoms with E-state index in [9.17, 15) is 10.1 Å². The van der Waals surface area contributed by atoms with Crippen molar-refractivity contribution in [3.63, 3.8) is 0 Å². The molecule has 0 N–H and O–H groups in total. The fourth-order valence-corrected chi connectivity index (χ4v) is 4.63. The molecule has 0 spiro atoms. The number of hydrogen-bond acceptors (Lipinski definition) is 4. The van der Waals surface area contributed by atoms with E-state index in [0.717, 1.165) is 67.7 Å². The van der Waals surface area contributed by atoms with Crippen LogP contribution in [0, 0.1) is 11.3 Å². The summed E-state index contributed by atoms with van der Waals surface area (Å²) in [5.74, 6) is 1.31. The molecule has 27 heavy (non-hydrogen) atoms. The van der Waals surface area contributed by atoms with Gasteiger partial charge >= 0.3 is 0 Å². The molecular formula is C21H21N5O. The molecular weight excluding hydrogens is 338 g/mol. The van der Waals surface area contributed by atoms with Gasteiger partial charge in [0, 0.05) is 33.1 Å². The summed E-state index contributed by atoms with van der Waals surface area (Å²) >= 11 is 0. The minimum atomic E-state index is 0.137. The average molecular weight is 359 g/mol. The predicted octanol–water partition coefficient (Wildman–Crippen LogP) is 2.52. The molecule has 0 atom stereocenters. The molecule has 1 aliphatic carbocycles. The van der Waals surface area contributed by atoms with E-state index in [1.807, 2.05) is 23.1 Å². The van der Waals surface area contributed by atoms with Crippen LogP contribution in [0.4, 0.5) is 5.82 Å². The van der Waals surface area contributed by atoms with Crippen molar-refractivity contribution in [3.05, 3.63) is 41.0 Å². The Labute approximate surface area is 157 Å². The van der Waals surface area contributed by atoms with Gasteiger partial charge in [-0.25, -0.2) is 4.98 Å². The number of carbonyl (C=O) groups is 1. The van der Waals surface area contributed by atoms with E-state index in [-0.39, 0.29) is 5.91 Å². The van der Waals surface area contributed by atoms with Crippen LogP contribution in [0.5, 0.6) is 0 Å². The lowest BCUT2D eigenvalue weighted by molar-refractivity contribution is -0.129. The number of anilines is 1. The highest BCUT2D eigenvalue weighted by molar-refractivity contribution is 5.86. The SMILES string of the molecule is CC(=O)N1CCN(c2c3c(c(C#N)c4nc5ccccc5n24)CCC3)CC1. The number of pyridine rings is 1. The van der Waals surface area contributed by atoms with E-state index in [2.05, 4.69) is 21.4 Å². The topological polar surface area (TPSA) is 64.6 Å². The molecule has 0 bridgehead atoms. The van der Waals surface area contributed by atoms with Crippen LogP contribution in [0.3, 0.4) is 0 Å². The number of nitriles is 1. The van der Waals surface area contributed by atoms with Crippen LogP contribution in [0.15, 0.2) is 24.3 Å². The Kier molecular flexibility index (Phi) is 3.57. The van der Waals surface area contributed by atoms with Crippen LogP contribution < -0.4 is 4.90 Å². The zero-order valence-electron chi connectivity index (χ0n) is 15.4. The van der Waals surface area contributed by atoms with Crippen LogP contribution in [0.1, 0.15) is 30.0 Å². The smallest absolute Gasteiger partial charge is 0.219 e. The first-order valence-electron chi connectivity index (χ1n) is 9.54. The molecule has 1 amide bonds. The number of imidazole rings is 1. The highest BCUT2D eigenvalue weighted by Gasteiger charge is 2.30. The molecule has 6 nitrogen and oxygen atoms in total. The summed E-state index contributed by atoms with van der Waals surface area (Å²) in [4.78, 5) is 20.8. The maximum Gasteiger partial charge on any atom is 0.219 e. The molecule has 2 aromatic heterocycles. The number of amides is 1. The van der Waals surface area contributed by atoms with Crippen LogP contribution in [-0.4, -0.2) is 46.4 Å². The van der Waals surface area contributed by atoms with Gasteiger partial charge in [-0.05, 0) is 42.5 Å². The van der Waals surface area contributed by atoms with Gasteiger partial charge in [-0.15, -0.1) is 0 Å². The maximum atomic E-state index is 11.7. The molecule has 136 valence electrons. The van der Waals surface area contributed by atoms with Crippen LogP contribution in [0.25, 0.3) is 16.7 Å². The molecule has 1 aromatic carbocycles. The molecule has 5 rings (SSSR count). The zero-order chi connectivity index (χ0) is 18.5. The van der Waals surface area contributed by atoms with Gasteiger partial charge in [0.1, 0.15) is 11.9 Å². The third-order valence-electron chi connectivity index (χ3n) is 5.92. The average Bonchev–Trinajstić information content (AvgIpc) is 3.31. The predicted molar refractivity (Wildman–Crippen MR) is 104 cm³/mol. The van der Waals surface area contributed by atoms with Gasteiger partial charge < -0.3 is 9.80 Å². The minimum Gasteiger partial charge on any atom is -0.354 e. The minimum absolute atomic E-state index is 0.137. The lowest BCUT2D eigenvalue weighted by Crippen LogP contribution is -2.48. The molecule has 0 saturated carbocycles. The van der Waals surface area contributed by atoms with Crippen LogP contribution in [-0.2, 0) is 17.6 Å². The van der Waals surface area contributed by atoms with E-state index in [1.165, 1.54) is 16.9 Å². The number of carbonyl (C=O) groups excluding carboxylic acids is 1. The van der Waals surface area contributed by atoms with Gasteiger partial charge in [0.15, 0.2) is 5.65 Å². The molecule has 1 fully saturated rings. The summed E-state index contributed by atoms with van der Waals surface area (Å²) in [6, 6.07) is 10.5. The number of aromatic nitrogens is 2. The second kappa shape index (κ2) is 5.98. The second-order valence-electron chi connectivity index (χ2n) is 7.37. The van der Waals surface area contributed by atoms with E-state index < -0.39 is 0 Å². The molecule has 1 aliphatic heterocycles. The van der Waals surface area contributed by atoms with Crippen molar-refractivity contribution in [2.45, 2.75) is 26.2 Å². The Hall–Kier alpha value is -3.07. The largest absolute Gasteiger partial charge is 0.354 e. The van der Waals surface area contributed by atoms with E-state index in [1.54, 1.807) is 6.92 Å². The molecule has 0 unspecified atom stereocenters. The van der Waals surface area contributed by atoms with Crippen molar-refractivity contribution in [2.24, 2.45) is 0 Å². The van der Waals surface area contributed by atoms with Crippen LogP contribution in [0.2, 0.25) is 0 Å². The number of hydrogen-bond donors (Lipinski definition) is 0. The highest BCUT2D eigenvalue weighted by Crippen LogP contribution is 2.38. The van der Waals surface area contributed by atoms with Gasteiger partial charge in [0.25, 0.3) is 0 Å². The molecule has 3 aromatic rings. The van der Waals surface area contributed by atoms with Gasteiger partial charge in [-0.3, -0.25) is 9.20 Å². The molecule has 2 aliphatic rings. The first-order valence-corrected chi connectivity index (χ1v) is 9.54. The third kappa shape index (κ3) is 2.31. The Balaban J connectivity index is 1.76. The van der Waals surface area contributed by atoms with Gasteiger partial charge in [0.2, 0.25) is 5.91 Å². The van der Waals surface area contributed by atoms with Crippen molar-refractivity contribution < 1.29 is 4.79 Å². The zero-order valence-corrected chi connectivity index (χ0v) is 15.4. The molecule has 0 radical (unpaired) electrons. The maximum absolute atomic E-state index is 11.7. The normalized spacial score (nSPS) is 16.7. The standard InChI is InChI=1S/C21H21N5O/c1-14(27)24-9-11-25(12-10-24)21-16-6-4-5-15(16)17(13-22)20-23-18-7-2-3-8-19(18)26(20)21/h2-3,7-8H,4-6,9-12H2,1H3. The van der Waals surface area contributed by atoms with Crippen molar-refractivity contribution in [2.75, 3.05) is 31.1 Å². The Morgan fingerprint density at radius 2 is 1.85 bits per heavy atom. The summed E-state index contributed by atoms with van der Waals surface area (Å²) in [6.45, 7) is 4.71. The summed E-state index contributed by atoms with van der Waals surface area (Å²) < 4.78 is 2.18. The van der Waals surface area contributed by atoms with Gasteiger partial charge in [-0.2, -0.15) is 5.26 Å². The second-order valence-corrected chi connectivity index (χ2v) is 7.37. The Morgan fingerprint density at radius 1 is 1.11 bits per heavy atom. The van der Waals surface area contributed by atoms with Gasteiger partial charge in [0.05, 0.1) is 16.6 Å². The number of rotatable bonds is 1. The number of fused-ring (bicyclic) bond motifs is 4. The van der Waals surface area contributed by atoms with Crippen molar-refractivity contribution >= 4 is 28.4 Å². The fraction of sp³-hybridized carbons (Fsp3) is 0.381. The first-order chi connectivity index (χ1) is 13.2. The molecule has 3 heterocycles. The molecule has 1 saturated heterocycles. The number of benzene rings is 1. The quantitative estimate of drug-likeness (QED) is 0.670.